The third-order valence-corrected chi connectivity index (χ3v) is 7.37. The average Bonchev–Trinajstić information content (AvgIpc) is 3.53. The number of hydrogen-bond donors (Lipinski definition) is 2. The summed E-state index contributed by atoms with van der Waals surface area (Å²) >= 11 is 0. The van der Waals surface area contributed by atoms with Gasteiger partial charge in [-0.15, -0.1) is 0 Å². The number of aromatic nitrogens is 4. The number of halogens is 1. The fraction of sp³-hybridized carbons (Fsp3) is 0.357. The number of aryl methyl sites for hydroxylation is 1. The van der Waals surface area contributed by atoms with Crippen LogP contribution in [-0.2, 0) is 7.05 Å². The van der Waals surface area contributed by atoms with Crippen molar-refractivity contribution in [3.63, 3.8) is 0 Å². The van der Waals surface area contributed by atoms with Crippen molar-refractivity contribution in [2.45, 2.75) is 32.7 Å². The average molecular weight is 518 g/mol. The Labute approximate surface area is 220 Å². The number of nitrogens with one attached hydrogen (secondary N) is 2. The number of hydrogen-bond acceptors (Lipinski definition) is 5. The molecule has 0 spiro atoms. The largest absolute Gasteiger partial charge is 0.351 e. The molecule has 3 aromatic heterocycles. The van der Waals surface area contributed by atoms with Crippen LogP contribution in [0.4, 0.5) is 10.1 Å². The molecule has 198 valence electrons. The molecule has 4 heterocycles. The maximum Gasteiger partial charge on any atom is 0.274 e. The minimum atomic E-state index is -0.625. The molecule has 2 unspecified atom stereocenters. The van der Waals surface area contributed by atoms with E-state index in [2.05, 4.69) is 39.5 Å². The van der Waals surface area contributed by atoms with Gasteiger partial charge >= 0.3 is 0 Å². The number of fused-ring (bicyclic) bond motifs is 1. The third kappa shape index (κ3) is 5.04. The zero-order chi connectivity index (χ0) is 26.8. The fourth-order valence-electron chi connectivity index (χ4n) is 5.23. The molecule has 0 bridgehead atoms. The second kappa shape index (κ2) is 10.7. The molecule has 0 aliphatic carbocycles. The quantitative estimate of drug-likeness (QED) is 0.350. The Bertz CT molecular complexity index is 1480. The molecule has 1 aromatic carbocycles. The van der Waals surface area contributed by atoms with Gasteiger partial charge < -0.3 is 10.6 Å². The number of rotatable bonds is 9. The van der Waals surface area contributed by atoms with E-state index >= 15 is 0 Å². The van der Waals surface area contributed by atoms with Crippen molar-refractivity contribution in [1.29, 1.82) is 0 Å². The highest BCUT2D eigenvalue weighted by atomic mass is 19.1. The Balaban J connectivity index is 1.24. The van der Waals surface area contributed by atoms with Crippen LogP contribution in [0.25, 0.3) is 16.8 Å². The van der Waals surface area contributed by atoms with E-state index in [9.17, 15) is 14.0 Å². The van der Waals surface area contributed by atoms with Crippen molar-refractivity contribution < 1.29 is 14.0 Å². The first kappa shape index (κ1) is 25.6. The van der Waals surface area contributed by atoms with E-state index in [0.29, 0.717) is 18.2 Å². The maximum atomic E-state index is 14.6. The van der Waals surface area contributed by atoms with Crippen LogP contribution in [0.1, 0.15) is 47.5 Å². The van der Waals surface area contributed by atoms with E-state index in [0.717, 1.165) is 36.6 Å². The lowest BCUT2D eigenvalue weighted by Gasteiger charge is -2.48. The van der Waals surface area contributed by atoms with Crippen molar-refractivity contribution in [3.8, 4) is 11.1 Å². The van der Waals surface area contributed by atoms with Gasteiger partial charge in [0.25, 0.3) is 11.8 Å². The molecular formula is C28H32FN7O2. The summed E-state index contributed by atoms with van der Waals surface area (Å²) in [5.41, 5.74) is 2.88. The third-order valence-electron chi connectivity index (χ3n) is 7.37. The van der Waals surface area contributed by atoms with E-state index in [4.69, 9.17) is 0 Å². The maximum absolute atomic E-state index is 14.6. The van der Waals surface area contributed by atoms with Crippen LogP contribution in [0.3, 0.4) is 0 Å². The van der Waals surface area contributed by atoms with Crippen LogP contribution in [0.2, 0.25) is 0 Å². The van der Waals surface area contributed by atoms with Crippen LogP contribution in [0.15, 0.2) is 55.1 Å². The van der Waals surface area contributed by atoms with Gasteiger partial charge in [0.2, 0.25) is 0 Å². The Hall–Kier alpha value is -4.05. The topological polar surface area (TPSA) is 96.6 Å². The van der Waals surface area contributed by atoms with Gasteiger partial charge in [-0.05, 0) is 48.2 Å². The number of anilines is 1. The van der Waals surface area contributed by atoms with Gasteiger partial charge in [0.1, 0.15) is 17.2 Å². The Kier molecular flexibility index (Phi) is 7.24. The summed E-state index contributed by atoms with van der Waals surface area (Å²) in [6.45, 7) is 6.76. The van der Waals surface area contributed by atoms with Crippen LogP contribution < -0.4 is 10.6 Å². The van der Waals surface area contributed by atoms with E-state index < -0.39 is 11.7 Å². The number of amides is 2. The summed E-state index contributed by atoms with van der Waals surface area (Å²) < 4.78 is 17.9. The van der Waals surface area contributed by atoms with Crippen LogP contribution in [0, 0.1) is 11.7 Å². The van der Waals surface area contributed by atoms with Gasteiger partial charge in [-0.1, -0.05) is 20.3 Å². The second-order valence-corrected chi connectivity index (χ2v) is 9.73. The van der Waals surface area contributed by atoms with Gasteiger partial charge in [-0.2, -0.15) is 5.10 Å². The lowest BCUT2D eigenvalue weighted by Crippen LogP contribution is -2.57. The van der Waals surface area contributed by atoms with Crippen molar-refractivity contribution in [3.05, 3.63) is 72.2 Å². The first-order valence-corrected chi connectivity index (χ1v) is 13.0. The molecule has 1 fully saturated rings. The van der Waals surface area contributed by atoms with E-state index in [1.165, 1.54) is 30.8 Å². The highest BCUT2D eigenvalue weighted by Crippen LogP contribution is 2.29. The summed E-state index contributed by atoms with van der Waals surface area (Å²) in [7, 11) is 1.84. The minimum absolute atomic E-state index is 0.0656. The van der Waals surface area contributed by atoms with Crippen LogP contribution in [0.5, 0.6) is 0 Å². The number of likely N-dealkylation sites (tertiary alicyclic amines) is 1. The highest BCUT2D eigenvalue weighted by molar-refractivity contribution is 6.04. The second-order valence-electron chi connectivity index (χ2n) is 9.73. The Morgan fingerprint density at radius 1 is 1.08 bits per heavy atom. The van der Waals surface area contributed by atoms with E-state index in [-0.39, 0.29) is 22.9 Å². The SMILES string of the molecule is CCC1CN(CCNC(=O)c2ccc(F)c(NC(=O)c3cnc4cc(-c5cnn(C)c5)ccn34)c2)C1CC. The molecule has 1 aliphatic rings. The molecule has 4 aromatic rings. The summed E-state index contributed by atoms with van der Waals surface area (Å²) in [5.74, 6) is -0.731. The van der Waals surface area contributed by atoms with Crippen molar-refractivity contribution >= 4 is 23.1 Å². The number of carbonyl (C=O) groups is 2. The fourth-order valence-corrected chi connectivity index (χ4v) is 5.23. The molecule has 2 N–H and O–H groups in total. The number of carbonyl (C=O) groups excluding carboxylic acids is 2. The zero-order valence-corrected chi connectivity index (χ0v) is 21.8. The van der Waals surface area contributed by atoms with Gasteiger partial charge in [0.15, 0.2) is 0 Å². The molecular weight excluding hydrogens is 485 g/mol. The van der Waals surface area contributed by atoms with Crippen molar-refractivity contribution in [1.82, 2.24) is 29.4 Å². The van der Waals surface area contributed by atoms with Crippen LogP contribution >= 0.6 is 0 Å². The number of imidazole rings is 1. The molecule has 0 radical (unpaired) electrons. The smallest absolute Gasteiger partial charge is 0.274 e. The predicted octanol–water partition coefficient (Wildman–Crippen LogP) is 3.98. The van der Waals surface area contributed by atoms with Gasteiger partial charge in [0.05, 0.1) is 18.1 Å². The first-order valence-electron chi connectivity index (χ1n) is 13.0. The van der Waals surface area contributed by atoms with Gasteiger partial charge in [-0.25, -0.2) is 9.37 Å². The molecule has 2 amide bonds. The summed E-state index contributed by atoms with van der Waals surface area (Å²) in [6.07, 6.45) is 9.10. The molecule has 1 saturated heterocycles. The molecule has 2 atom stereocenters. The summed E-state index contributed by atoms with van der Waals surface area (Å²) in [6, 6.07) is 8.25. The summed E-state index contributed by atoms with van der Waals surface area (Å²) in [5, 5.41) is 9.69. The van der Waals surface area contributed by atoms with Crippen molar-refractivity contribution in [2.24, 2.45) is 13.0 Å². The van der Waals surface area contributed by atoms with Crippen LogP contribution in [-0.4, -0.2) is 61.6 Å². The number of nitrogens with zero attached hydrogens (tertiary/aromatic N) is 5. The van der Waals surface area contributed by atoms with Crippen molar-refractivity contribution in [2.75, 3.05) is 25.0 Å². The monoisotopic (exact) mass is 517 g/mol. The molecule has 5 rings (SSSR count). The minimum Gasteiger partial charge on any atom is -0.351 e. The molecule has 38 heavy (non-hydrogen) atoms. The lowest BCUT2D eigenvalue weighted by atomic mass is 9.85. The normalized spacial score (nSPS) is 17.4. The van der Waals surface area contributed by atoms with Gasteiger partial charge in [0, 0.05) is 56.2 Å². The summed E-state index contributed by atoms with van der Waals surface area (Å²) in [4.78, 5) is 32.5. The molecule has 10 heteroatoms. The van der Waals surface area contributed by atoms with Gasteiger partial charge in [-0.3, -0.25) is 23.6 Å². The van der Waals surface area contributed by atoms with E-state index in [1.807, 2.05) is 25.4 Å². The zero-order valence-electron chi connectivity index (χ0n) is 21.8. The highest BCUT2D eigenvalue weighted by Gasteiger charge is 2.35. The lowest BCUT2D eigenvalue weighted by molar-refractivity contribution is 0.0118. The number of benzene rings is 1. The first-order chi connectivity index (χ1) is 18.4. The standard InChI is InChI=1S/C28H32FN7O2/c1-4-18-17-35(24(18)5-2)11-9-30-27(37)20-6-7-22(29)23(12-20)33-28(38)25-15-31-26-13-19(8-10-36(25)26)21-14-32-34(3)16-21/h6-8,10,12-16,18,24H,4-5,9,11,17H2,1-3H3,(H,30,37)(H,33,38). The number of pyridine rings is 1. The Morgan fingerprint density at radius 3 is 2.66 bits per heavy atom. The van der Waals surface area contributed by atoms with E-state index in [1.54, 1.807) is 21.5 Å². The molecule has 0 saturated carbocycles. The Morgan fingerprint density at radius 2 is 1.92 bits per heavy atom. The molecule has 9 nitrogen and oxygen atoms in total. The predicted molar refractivity (Wildman–Crippen MR) is 144 cm³/mol. The molecule has 1 aliphatic heterocycles.